The third kappa shape index (κ3) is 4.00. The van der Waals surface area contributed by atoms with Gasteiger partial charge in [0.15, 0.2) is 40.0 Å². The second-order valence-electron chi connectivity index (χ2n) is 13.6. The zero-order valence-corrected chi connectivity index (χ0v) is 27.3. The Labute approximate surface area is 289 Å². The minimum atomic E-state index is -2.78. The molecule has 0 bridgehead atoms. The molecule has 9 N–H and O–H groups in total. The van der Waals surface area contributed by atoms with Gasteiger partial charge in [-0.1, -0.05) is 12.1 Å². The number of aromatic hydroxyl groups is 1. The number of hydrogen-bond donors (Lipinski definition) is 6. The maximum atomic E-state index is 14.9. The Morgan fingerprint density at radius 2 is 1.47 bits per heavy atom. The Kier molecular flexibility index (Phi) is 6.60. The first-order valence-electron chi connectivity index (χ1n) is 15.8. The molecule has 0 unspecified atom stereocenters. The highest BCUT2D eigenvalue weighted by atomic mass is 16.7. The SMILES string of the molecule is CN(C)[C@@H]1C(=O)C(C(N)=O)=C(O)[C@@]2(C#N)C(=O)C3=C(O)c4c(O)c(-c5ccc6c(c5)OCO6)cc(-c5ccc6c(c5)OCO6)c4C[C@@]3(N)C[C@@]12N. The summed E-state index contributed by atoms with van der Waals surface area (Å²) >= 11 is 0. The number of ketones is 2. The van der Waals surface area contributed by atoms with Crippen LogP contribution in [-0.2, 0) is 20.8 Å². The molecule has 3 aromatic rings. The summed E-state index contributed by atoms with van der Waals surface area (Å²) in [5.41, 5.74) is 13.2. The van der Waals surface area contributed by atoms with Gasteiger partial charge in [-0.2, -0.15) is 5.26 Å². The minimum absolute atomic E-state index is 0.00724. The smallest absolute Gasteiger partial charge is 0.255 e. The van der Waals surface area contributed by atoms with Crippen molar-refractivity contribution >= 4 is 23.2 Å². The largest absolute Gasteiger partial charge is 0.509 e. The summed E-state index contributed by atoms with van der Waals surface area (Å²) in [4.78, 5) is 42.5. The number of phenolic OH excluding ortho intramolecular Hbond substituents is 1. The van der Waals surface area contributed by atoms with Crippen molar-refractivity contribution in [3.05, 3.63) is 70.5 Å². The van der Waals surface area contributed by atoms with Crippen LogP contribution in [0.25, 0.3) is 28.0 Å². The molecule has 1 saturated carbocycles. The van der Waals surface area contributed by atoms with E-state index in [9.17, 15) is 35.0 Å². The summed E-state index contributed by atoms with van der Waals surface area (Å²) in [5.74, 6) is -4.13. The minimum Gasteiger partial charge on any atom is -0.509 e. The van der Waals surface area contributed by atoms with E-state index in [0.717, 1.165) is 0 Å². The number of phenols is 1. The molecule has 1 fully saturated rings. The predicted octanol–water partition coefficient (Wildman–Crippen LogP) is 1.70. The number of Topliss-reactive ketones (excluding diaryl/α,β-unsaturated/α-hetero) is 2. The number of primary amides is 1. The van der Waals surface area contributed by atoms with Crippen LogP contribution in [0.3, 0.4) is 0 Å². The summed E-state index contributed by atoms with van der Waals surface area (Å²) in [6.07, 6.45) is -0.734. The molecule has 0 spiro atoms. The van der Waals surface area contributed by atoms with Gasteiger partial charge in [0.05, 0.1) is 34.3 Å². The first-order chi connectivity index (χ1) is 24.2. The standard InChI is InChI=1S/C36H31N5O10/c1-41(2)30-29(44)25(33(38)47)31(45)35(12-37)32(46)26-28(43)24-19(10-34(26,39)11-36(30,35)40)17(15-3-5-20-22(7-15)50-13-48-20)9-18(27(24)42)16-4-6-21-23(8-16)51-14-49-21/h3-9,30,42-43,45H,10-11,13-14,39-40H2,1-2H3,(H2,38,47)/t30-,34-,35+,36-/m1/s1. The molecule has 15 nitrogen and oxygen atoms in total. The molecule has 260 valence electrons. The lowest BCUT2D eigenvalue weighted by Gasteiger charge is -2.58. The molecule has 5 aliphatic rings. The molecule has 51 heavy (non-hydrogen) atoms. The van der Waals surface area contributed by atoms with Crippen LogP contribution in [0.1, 0.15) is 17.5 Å². The Balaban J connectivity index is 1.43. The first-order valence-corrected chi connectivity index (χ1v) is 15.8. The average molecular weight is 694 g/mol. The van der Waals surface area contributed by atoms with Crippen LogP contribution in [0, 0.1) is 16.7 Å². The molecule has 15 heteroatoms. The van der Waals surface area contributed by atoms with Gasteiger partial charge in [0.1, 0.15) is 22.8 Å². The number of nitrogens with two attached hydrogens (primary N) is 3. The lowest BCUT2D eigenvalue weighted by Crippen LogP contribution is -2.80. The van der Waals surface area contributed by atoms with Gasteiger partial charge in [-0.25, -0.2) is 0 Å². The summed E-state index contributed by atoms with van der Waals surface area (Å²) in [5, 5.41) is 46.5. The maximum Gasteiger partial charge on any atom is 0.255 e. The van der Waals surface area contributed by atoms with Crippen molar-refractivity contribution < 1.29 is 48.7 Å². The number of fused-ring (bicyclic) bond motifs is 5. The Morgan fingerprint density at radius 3 is 2.02 bits per heavy atom. The highest BCUT2D eigenvalue weighted by Crippen LogP contribution is 2.60. The van der Waals surface area contributed by atoms with E-state index in [-0.39, 0.29) is 31.1 Å². The van der Waals surface area contributed by atoms with Crippen molar-refractivity contribution in [1.29, 1.82) is 5.26 Å². The summed E-state index contributed by atoms with van der Waals surface area (Å²) in [6.45, 7) is 0.0207. The van der Waals surface area contributed by atoms with Crippen molar-refractivity contribution in [2.75, 3.05) is 27.7 Å². The molecule has 3 aliphatic carbocycles. The van der Waals surface area contributed by atoms with E-state index in [2.05, 4.69) is 0 Å². The Bertz CT molecular complexity index is 2270. The number of amides is 1. The monoisotopic (exact) mass is 693 g/mol. The van der Waals surface area contributed by atoms with Crippen LogP contribution < -0.4 is 36.1 Å². The van der Waals surface area contributed by atoms with Crippen molar-refractivity contribution in [1.82, 2.24) is 4.90 Å². The van der Waals surface area contributed by atoms with E-state index in [0.29, 0.717) is 45.3 Å². The fourth-order valence-corrected chi connectivity index (χ4v) is 8.50. The number of likely N-dealkylation sites (N-methyl/N-ethyl adjacent to an activating group) is 1. The van der Waals surface area contributed by atoms with E-state index >= 15 is 0 Å². The number of aliphatic hydroxyl groups is 2. The van der Waals surface area contributed by atoms with E-state index in [1.54, 1.807) is 48.5 Å². The number of benzene rings is 3. The zero-order chi connectivity index (χ0) is 36.4. The fraction of sp³-hybridized carbons (Fsp3) is 0.278. The number of nitrogens with zero attached hydrogens (tertiary/aromatic N) is 2. The van der Waals surface area contributed by atoms with E-state index in [4.69, 9.17) is 36.1 Å². The molecular formula is C36H31N5O10. The van der Waals surface area contributed by atoms with Crippen LogP contribution in [-0.4, -0.2) is 82.5 Å². The van der Waals surface area contributed by atoms with Gasteiger partial charge in [-0.15, -0.1) is 0 Å². The molecule has 0 radical (unpaired) electrons. The van der Waals surface area contributed by atoms with Gasteiger partial charge < -0.3 is 51.5 Å². The number of ether oxygens (including phenoxy) is 4. The van der Waals surface area contributed by atoms with Gasteiger partial charge in [-0.3, -0.25) is 19.3 Å². The van der Waals surface area contributed by atoms with Gasteiger partial charge >= 0.3 is 0 Å². The zero-order valence-electron chi connectivity index (χ0n) is 27.3. The normalized spacial score (nSPS) is 27.3. The number of carbonyl (C=O) groups is 3. The second kappa shape index (κ2) is 10.5. The molecule has 0 saturated heterocycles. The van der Waals surface area contributed by atoms with Crippen molar-refractivity contribution in [3.63, 3.8) is 0 Å². The van der Waals surface area contributed by atoms with Crippen LogP contribution >= 0.6 is 0 Å². The molecule has 3 aromatic carbocycles. The summed E-state index contributed by atoms with van der Waals surface area (Å²) < 4.78 is 22.2. The van der Waals surface area contributed by atoms with E-state index in [1.165, 1.54) is 19.0 Å². The fourth-order valence-electron chi connectivity index (χ4n) is 8.50. The van der Waals surface area contributed by atoms with Crippen molar-refractivity contribution in [2.45, 2.75) is 30.0 Å². The average Bonchev–Trinajstić information content (AvgIpc) is 3.73. The quantitative estimate of drug-likeness (QED) is 0.213. The molecule has 0 aromatic heterocycles. The number of hydrogen-bond acceptors (Lipinski definition) is 14. The summed E-state index contributed by atoms with van der Waals surface area (Å²) in [7, 11) is 2.92. The Hall–Kier alpha value is -6.08. The molecule has 1 amide bonds. The van der Waals surface area contributed by atoms with Crippen LogP contribution in [0.2, 0.25) is 0 Å². The van der Waals surface area contributed by atoms with Crippen molar-refractivity contribution in [2.24, 2.45) is 22.6 Å². The van der Waals surface area contributed by atoms with Gasteiger partial charge in [-0.05, 0) is 79.5 Å². The van der Waals surface area contributed by atoms with Crippen LogP contribution in [0.4, 0.5) is 0 Å². The van der Waals surface area contributed by atoms with Crippen LogP contribution in [0.5, 0.6) is 28.7 Å². The lowest BCUT2D eigenvalue weighted by atomic mass is 9.47. The highest BCUT2D eigenvalue weighted by Gasteiger charge is 2.74. The van der Waals surface area contributed by atoms with Gasteiger partial charge in [0, 0.05) is 5.56 Å². The Morgan fingerprint density at radius 1 is 0.902 bits per heavy atom. The first kappa shape index (κ1) is 32.1. The van der Waals surface area contributed by atoms with Gasteiger partial charge in [0.25, 0.3) is 5.91 Å². The third-order valence-electron chi connectivity index (χ3n) is 10.6. The molecule has 2 aliphatic heterocycles. The predicted molar refractivity (Wildman–Crippen MR) is 177 cm³/mol. The summed E-state index contributed by atoms with van der Waals surface area (Å²) in [6, 6.07) is 12.2. The molecule has 2 heterocycles. The van der Waals surface area contributed by atoms with Gasteiger partial charge in [0.2, 0.25) is 13.6 Å². The lowest BCUT2D eigenvalue weighted by molar-refractivity contribution is -0.139. The number of nitriles is 1. The van der Waals surface area contributed by atoms with Crippen molar-refractivity contribution in [3.8, 4) is 57.1 Å². The molecule has 8 rings (SSSR count). The topological polar surface area (TPSA) is 254 Å². The maximum absolute atomic E-state index is 14.9. The third-order valence-corrected chi connectivity index (χ3v) is 10.6. The van der Waals surface area contributed by atoms with Crippen LogP contribution in [0.15, 0.2) is 59.4 Å². The van der Waals surface area contributed by atoms with E-state index in [1.807, 2.05) is 0 Å². The van der Waals surface area contributed by atoms with E-state index < -0.39 is 74.8 Å². The molecular weight excluding hydrogens is 662 g/mol. The highest BCUT2D eigenvalue weighted by molar-refractivity contribution is 6.25. The second-order valence-corrected chi connectivity index (χ2v) is 13.6. The molecule has 4 atom stereocenters. The number of carbonyl (C=O) groups excluding carboxylic acids is 3. The number of aliphatic hydroxyl groups excluding tert-OH is 2. The number of rotatable bonds is 4.